The predicted octanol–water partition coefficient (Wildman–Crippen LogP) is 2.85. The van der Waals surface area contributed by atoms with E-state index in [0.29, 0.717) is 23.3 Å². The van der Waals surface area contributed by atoms with Crippen LogP contribution in [0.15, 0.2) is 4.52 Å². The van der Waals surface area contributed by atoms with Crippen molar-refractivity contribution in [1.82, 2.24) is 10.5 Å². The minimum atomic E-state index is -0.0238. The van der Waals surface area contributed by atoms with Crippen LogP contribution in [0, 0.1) is 12.8 Å². The number of aromatic nitrogens is 1. The Morgan fingerprint density at radius 2 is 2.17 bits per heavy atom. The summed E-state index contributed by atoms with van der Waals surface area (Å²) < 4.78 is 5.11. The molecule has 0 bridgehead atoms. The van der Waals surface area contributed by atoms with E-state index in [1.165, 1.54) is 19.3 Å². The van der Waals surface area contributed by atoms with Gasteiger partial charge in [-0.1, -0.05) is 31.8 Å². The molecule has 1 aliphatic carbocycles. The van der Waals surface area contributed by atoms with Crippen LogP contribution in [0.5, 0.6) is 0 Å². The van der Waals surface area contributed by atoms with Gasteiger partial charge in [0, 0.05) is 6.04 Å². The van der Waals surface area contributed by atoms with Crippen molar-refractivity contribution < 1.29 is 9.32 Å². The maximum absolute atomic E-state index is 12.3. The molecule has 0 unspecified atom stereocenters. The summed E-state index contributed by atoms with van der Waals surface area (Å²) in [7, 11) is 0. The predicted molar refractivity (Wildman–Crippen MR) is 69.5 cm³/mol. The van der Waals surface area contributed by atoms with E-state index in [1.807, 2.05) is 6.92 Å². The van der Waals surface area contributed by atoms with Crippen LogP contribution in [0.4, 0.5) is 0 Å². The van der Waals surface area contributed by atoms with Gasteiger partial charge in [-0.25, -0.2) is 0 Å². The fourth-order valence-electron chi connectivity index (χ4n) is 2.72. The third kappa shape index (κ3) is 2.57. The smallest absolute Gasteiger partial charge is 0.257 e. The molecule has 1 aromatic rings. The third-order valence-corrected chi connectivity index (χ3v) is 3.92. The largest absolute Gasteiger partial charge is 0.361 e. The second-order valence-corrected chi connectivity index (χ2v) is 5.26. The van der Waals surface area contributed by atoms with Crippen LogP contribution in [-0.4, -0.2) is 17.1 Å². The summed E-state index contributed by atoms with van der Waals surface area (Å²) in [6.45, 7) is 5.99. The second kappa shape index (κ2) is 5.55. The molecule has 0 aliphatic heterocycles. The monoisotopic (exact) mass is 250 g/mol. The first kappa shape index (κ1) is 13.1. The summed E-state index contributed by atoms with van der Waals surface area (Å²) >= 11 is 0. The number of nitrogens with one attached hydrogen (secondary N) is 1. The highest BCUT2D eigenvalue weighted by molar-refractivity contribution is 5.96. The van der Waals surface area contributed by atoms with E-state index in [4.69, 9.17) is 4.52 Å². The molecule has 1 aliphatic rings. The van der Waals surface area contributed by atoms with Crippen LogP contribution in [0.2, 0.25) is 0 Å². The van der Waals surface area contributed by atoms with Gasteiger partial charge in [-0.2, -0.15) is 0 Å². The van der Waals surface area contributed by atoms with Gasteiger partial charge in [-0.05, 0) is 32.1 Å². The fourth-order valence-corrected chi connectivity index (χ4v) is 2.72. The summed E-state index contributed by atoms with van der Waals surface area (Å²) in [6, 6.07) is 0.297. The summed E-state index contributed by atoms with van der Waals surface area (Å²) in [4.78, 5) is 12.3. The van der Waals surface area contributed by atoms with Crippen molar-refractivity contribution >= 4 is 5.91 Å². The molecular weight excluding hydrogens is 228 g/mol. The zero-order chi connectivity index (χ0) is 13.1. The van der Waals surface area contributed by atoms with Crippen LogP contribution in [0.3, 0.4) is 0 Å². The van der Waals surface area contributed by atoms with Gasteiger partial charge in [0.2, 0.25) is 0 Å². The molecule has 1 saturated carbocycles. The van der Waals surface area contributed by atoms with Crippen molar-refractivity contribution in [3.8, 4) is 0 Å². The Hall–Kier alpha value is -1.32. The lowest BCUT2D eigenvalue weighted by Gasteiger charge is -2.29. The Morgan fingerprint density at radius 1 is 1.44 bits per heavy atom. The Kier molecular flexibility index (Phi) is 4.04. The fraction of sp³-hybridized carbons (Fsp3) is 0.714. The molecule has 1 amide bonds. The van der Waals surface area contributed by atoms with E-state index in [-0.39, 0.29) is 5.91 Å². The lowest BCUT2D eigenvalue weighted by molar-refractivity contribution is 0.0908. The number of hydrogen-bond donors (Lipinski definition) is 1. The first-order valence-corrected chi connectivity index (χ1v) is 6.89. The zero-order valence-corrected chi connectivity index (χ0v) is 11.5. The number of hydrogen-bond acceptors (Lipinski definition) is 3. The first-order chi connectivity index (χ1) is 8.63. The third-order valence-electron chi connectivity index (χ3n) is 3.92. The van der Waals surface area contributed by atoms with E-state index in [0.717, 1.165) is 18.5 Å². The standard InChI is InChI=1S/C14H22N2O2/c1-4-11-13(10(3)18-16-11)14(17)15-12-8-6-5-7-9(12)2/h9,12H,4-8H2,1-3H3,(H,15,17)/t9-,12-/m0/s1. The molecule has 1 fully saturated rings. The number of amides is 1. The van der Waals surface area contributed by atoms with Crippen LogP contribution < -0.4 is 5.32 Å². The van der Waals surface area contributed by atoms with Crippen LogP contribution in [0.25, 0.3) is 0 Å². The Morgan fingerprint density at radius 3 is 2.83 bits per heavy atom. The van der Waals surface area contributed by atoms with Crippen LogP contribution >= 0.6 is 0 Å². The molecule has 0 radical (unpaired) electrons. The van der Waals surface area contributed by atoms with Crippen LogP contribution in [0.1, 0.15) is 61.3 Å². The van der Waals surface area contributed by atoms with Crippen molar-refractivity contribution in [2.75, 3.05) is 0 Å². The molecule has 1 heterocycles. The van der Waals surface area contributed by atoms with Gasteiger partial charge in [0.25, 0.3) is 5.91 Å². The summed E-state index contributed by atoms with van der Waals surface area (Å²) in [6.07, 6.45) is 5.49. The highest BCUT2D eigenvalue weighted by Crippen LogP contribution is 2.24. The van der Waals surface area contributed by atoms with Crippen molar-refractivity contribution in [3.63, 3.8) is 0 Å². The number of aryl methyl sites for hydroxylation is 2. The molecule has 0 aromatic carbocycles. The number of carbonyl (C=O) groups is 1. The number of rotatable bonds is 3. The SMILES string of the molecule is CCc1noc(C)c1C(=O)N[C@H]1CCCC[C@@H]1C. The molecule has 4 heteroatoms. The lowest BCUT2D eigenvalue weighted by atomic mass is 9.86. The molecule has 4 nitrogen and oxygen atoms in total. The van der Waals surface area contributed by atoms with Gasteiger partial charge in [-0.3, -0.25) is 4.79 Å². The van der Waals surface area contributed by atoms with Gasteiger partial charge in [0.1, 0.15) is 11.3 Å². The molecule has 0 saturated heterocycles. The molecule has 0 spiro atoms. The average Bonchev–Trinajstić information content (AvgIpc) is 2.73. The van der Waals surface area contributed by atoms with Crippen LogP contribution in [-0.2, 0) is 6.42 Å². The molecule has 2 rings (SSSR count). The lowest BCUT2D eigenvalue weighted by Crippen LogP contribution is -2.41. The quantitative estimate of drug-likeness (QED) is 0.897. The van der Waals surface area contributed by atoms with Crippen molar-refractivity contribution in [1.29, 1.82) is 0 Å². The van der Waals surface area contributed by atoms with E-state index >= 15 is 0 Å². The molecular formula is C14H22N2O2. The Balaban J connectivity index is 2.09. The normalized spacial score (nSPS) is 23.9. The zero-order valence-electron chi connectivity index (χ0n) is 11.5. The van der Waals surface area contributed by atoms with Crippen molar-refractivity contribution in [3.05, 3.63) is 17.0 Å². The highest BCUT2D eigenvalue weighted by atomic mass is 16.5. The van der Waals surface area contributed by atoms with E-state index in [9.17, 15) is 4.79 Å². The molecule has 100 valence electrons. The first-order valence-electron chi connectivity index (χ1n) is 6.89. The van der Waals surface area contributed by atoms with Crippen molar-refractivity contribution in [2.45, 2.75) is 58.9 Å². The number of nitrogens with zero attached hydrogens (tertiary/aromatic N) is 1. The summed E-state index contributed by atoms with van der Waals surface area (Å²) in [5.74, 6) is 1.16. The number of carbonyl (C=O) groups excluding carboxylic acids is 1. The highest BCUT2D eigenvalue weighted by Gasteiger charge is 2.26. The minimum absolute atomic E-state index is 0.0238. The minimum Gasteiger partial charge on any atom is -0.361 e. The average molecular weight is 250 g/mol. The molecule has 1 N–H and O–H groups in total. The van der Waals surface area contributed by atoms with Gasteiger partial charge in [-0.15, -0.1) is 0 Å². The second-order valence-electron chi connectivity index (χ2n) is 5.26. The summed E-state index contributed by atoms with van der Waals surface area (Å²) in [5.41, 5.74) is 1.39. The van der Waals surface area contributed by atoms with Gasteiger partial charge < -0.3 is 9.84 Å². The van der Waals surface area contributed by atoms with E-state index in [1.54, 1.807) is 6.92 Å². The van der Waals surface area contributed by atoms with Gasteiger partial charge >= 0.3 is 0 Å². The molecule has 2 atom stereocenters. The summed E-state index contributed by atoms with van der Waals surface area (Å²) in [5, 5.41) is 7.08. The molecule has 1 aromatic heterocycles. The van der Waals surface area contributed by atoms with E-state index in [2.05, 4.69) is 17.4 Å². The maximum atomic E-state index is 12.3. The maximum Gasteiger partial charge on any atom is 0.257 e. The topological polar surface area (TPSA) is 55.1 Å². The Bertz CT molecular complexity index is 425. The van der Waals surface area contributed by atoms with Crippen molar-refractivity contribution in [2.24, 2.45) is 5.92 Å². The molecule has 18 heavy (non-hydrogen) atoms. The van der Waals surface area contributed by atoms with Gasteiger partial charge in [0.05, 0.1) is 5.69 Å². The Labute approximate surface area is 108 Å². The van der Waals surface area contributed by atoms with E-state index < -0.39 is 0 Å². The van der Waals surface area contributed by atoms with Gasteiger partial charge in [0.15, 0.2) is 0 Å².